The van der Waals surface area contributed by atoms with Crippen LogP contribution in [0.25, 0.3) is 0 Å². The van der Waals surface area contributed by atoms with E-state index in [-0.39, 0.29) is 5.41 Å². The van der Waals surface area contributed by atoms with Gasteiger partial charge in [0, 0.05) is 5.02 Å². The molecule has 0 unspecified atom stereocenters. The molecular formula is C15H23Cl. The topological polar surface area (TPSA) is 0 Å². The maximum absolute atomic E-state index is 6.34. The molecule has 1 aromatic rings. The van der Waals surface area contributed by atoms with Crippen LogP contribution >= 0.6 is 11.6 Å². The number of benzene rings is 1. The molecule has 0 aromatic heterocycles. The molecular weight excluding hydrogens is 216 g/mol. The minimum Gasteiger partial charge on any atom is -0.0840 e. The minimum atomic E-state index is 0.122. The molecule has 1 rings (SSSR count). The van der Waals surface area contributed by atoms with Gasteiger partial charge in [-0.15, -0.1) is 0 Å². The SMILES string of the molecule is CC(C)(C)Cc1ccc(C(C)(C)C)c(Cl)c1. The quantitative estimate of drug-likeness (QED) is 0.629. The van der Waals surface area contributed by atoms with E-state index in [1.54, 1.807) is 0 Å². The summed E-state index contributed by atoms with van der Waals surface area (Å²) >= 11 is 6.34. The van der Waals surface area contributed by atoms with Crippen LogP contribution in [0.5, 0.6) is 0 Å². The highest BCUT2D eigenvalue weighted by molar-refractivity contribution is 6.31. The second-order valence-corrected chi connectivity index (χ2v) is 7.21. The van der Waals surface area contributed by atoms with Crippen LogP contribution in [0.3, 0.4) is 0 Å². The Kier molecular flexibility index (Phi) is 3.74. The lowest BCUT2D eigenvalue weighted by atomic mass is 9.84. The lowest BCUT2D eigenvalue weighted by Crippen LogP contribution is -2.13. The molecule has 0 heterocycles. The maximum atomic E-state index is 6.34. The van der Waals surface area contributed by atoms with Crippen molar-refractivity contribution in [2.75, 3.05) is 0 Å². The van der Waals surface area contributed by atoms with E-state index in [0.717, 1.165) is 11.4 Å². The molecule has 0 nitrogen and oxygen atoms in total. The monoisotopic (exact) mass is 238 g/mol. The van der Waals surface area contributed by atoms with Crippen LogP contribution in [0.1, 0.15) is 52.7 Å². The maximum Gasteiger partial charge on any atom is 0.0446 e. The molecule has 0 bridgehead atoms. The molecule has 0 saturated heterocycles. The molecule has 90 valence electrons. The van der Waals surface area contributed by atoms with Gasteiger partial charge in [-0.05, 0) is 34.4 Å². The van der Waals surface area contributed by atoms with Crippen molar-refractivity contribution in [3.8, 4) is 0 Å². The second kappa shape index (κ2) is 4.41. The molecule has 1 heteroatoms. The van der Waals surface area contributed by atoms with E-state index in [4.69, 9.17) is 11.6 Å². The van der Waals surface area contributed by atoms with Crippen molar-refractivity contribution in [1.82, 2.24) is 0 Å². The number of hydrogen-bond acceptors (Lipinski definition) is 0. The van der Waals surface area contributed by atoms with Gasteiger partial charge in [0.2, 0.25) is 0 Å². The van der Waals surface area contributed by atoms with Crippen LogP contribution in [0.15, 0.2) is 18.2 Å². The zero-order chi connectivity index (χ0) is 12.6. The fourth-order valence-electron chi connectivity index (χ4n) is 1.89. The zero-order valence-corrected chi connectivity index (χ0v) is 12.1. The molecule has 0 fully saturated rings. The van der Waals surface area contributed by atoms with Crippen LogP contribution in [0.4, 0.5) is 0 Å². The molecule has 0 N–H and O–H groups in total. The highest BCUT2D eigenvalue weighted by Crippen LogP contribution is 2.31. The number of halogens is 1. The van der Waals surface area contributed by atoms with Gasteiger partial charge < -0.3 is 0 Å². The summed E-state index contributed by atoms with van der Waals surface area (Å²) < 4.78 is 0. The van der Waals surface area contributed by atoms with Crippen molar-refractivity contribution in [3.63, 3.8) is 0 Å². The number of hydrogen-bond donors (Lipinski definition) is 0. The van der Waals surface area contributed by atoms with Gasteiger partial charge in [0.1, 0.15) is 0 Å². The smallest absolute Gasteiger partial charge is 0.0446 e. The third kappa shape index (κ3) is 3.83. The summed E-state index contributed by atoms with van der Waals surface area (Å²) in [5.41, 5.74) is 2.99. The van der Waals surface area contributed by atoms with E-state index in [1.807, 2.05) is 0 Å². The number of rotatable bonds is 1. The molecule has 0 radical (unpaired) electrons. The fourth-order valence-corrected chi connectivity index (χ4v) is 2.38. The van der Waals surface area contributed by atoms with Crippen molar-refractivity contribution in [2.24, 2.45) is 5.41 Å². The highest BCUT2D eigenvalue weighted by Gasteiger charge is 2.18. The van der Waals surface area contributed by atoms with Gasteiger partial charge in [-0.2, -0.15) is 0 Å². The average molecular weight is 239 g/mol. The predicted octanol–water partition coefficient (Wildman–Crippen LogP) is 5.23. The summed E-state index contributed by atoms with van der Waals surface area (Å²) in [6.07, 6.45) is 1.07. The van der Waals surface area contributed by atoms with Crippen molar-refractivity contribution in [1.29, 1.82) is 0 Å². The van der Waals surface area contributed by atoms with Gasteiger partial charge in [-0.25, -0.2) is 0 Å². The van der Waals surface area contributed by atoms with E-state index in [2.05, 4.69) is 59.7 Å². The standard InChI is InChI=1S/C15H23Cl/c1-14(2,3)10-11-7-8-12(13(16)9-11)15(4,5)6/h7-9H,10H2,1-6H3. The Bertz CT molecular complexity index is 364. The van der Waals surface area contributed by atoms with Crippen LogP contribution in [0.2, 0.25) is 5.02 Å². The fraction of sp³-hybridized carbons (Fsp3) is 0.600. The van der Waals surface area contributed by atoms with Crippen LogP contribution < -0.4 is 0 Å². The van der Waals surface area contributed by atoms with E-state index in [1.165, 1.54) is 11.1 Å². The van der Waals surface area contributed by atoms with E-state index >= 15 is 0 Å². The molecule has 0 saturated carbocycles. The summed E-state index contributed by atoms with van der Waals surface area (Å²) in [4.78, 5) is 0. The van der Waals surface area contributed by atoms with Gasteiger partial charge in [0.05, 0.1) is 0 Å². The third-order valence-electron chi connectivity index (χ3n) is 2.58. The van der Waals surface area contributed by atoms with Crippen molar-refractivity contribution < 1.29 is 0 Å². The van der Waals surface area contributed by atoms with Crippen molar-refractivity contribution >= 4 is 11.6 Å². The first kappa shape index (κ1) is 13.6. The summed E-state index contributed by atoms with van der Waals surface area (Å²) in [5.74, 6) is 0. The van der Waals surface area contributed by atoms with E-state index in [9.17, 15) is 0 Å². The Balaban J connectivity index is 3.01. The van der Waals surface area contributed by atoms with Crippen molar-refractivity contribution in [2.45, 2.75) is 53.4 Å². The van der Waals surface area contributed by atoms with E-state index < -0.39 is 0 Å². The summed E-state index contributed by atoms with van der Waals surface area (Å²) in [5, 5.41) is 0.897. The first-order valence-electron chi connectivity index (χ1n) is 5.88. The Morgan fingerprint density at radius 1 is 1.00 bits per heavy atom. The van der Waals surface area contributed by atoms with Gasteiger partial charge in [0.25, 0.3) is 0 Å². The zero-order valence-electron chi connectivity index (χ0n) is 11.3. The minimum absolute atomic E-state index is 0.122. The molecule has 0 spiro atoms. The summed E-state index contributed by atoms with van der Waals surface area (Å²) in [6, 6.07) is 6.49. The average Bonchev–Trinajstić information content (AvgIpc) is 1.97. The highest BCUT2D eigenvalue weighted by atomic mass is 35.5. The third-order valence-corrected chi connectivity index (χ3v) is 2.89. The van der Waals surface area contributed by atoms with Gasteiger partial charge in [0.15, 0.2) is 0 Å². The lowest BCUT2D eigenvalue weighted by molar-refractivity contribution is 0.411. The summed E-state index contributed by atoms with van der Waals surface area (Å²) in [7, 11) is 0. The Morgan fingerprint density at radius 2 is 1.56 bits per heavy atom. The van der Waals surface area contributed by atoms with Gasteiger partial charge >= 0.3 is 0 Å². The largest absolute Gasteiger partial charge is 0.0840 e. The first-order chi connectivity index (χ1) is 7.09. The molecule has 0 aliphatic carbocycles. The lowest BCUT2D eigenvalue weighted by Gasteiger charge is -2.23. The molecule has 0 amide bonds. The normalized spacial score (nSPS) is 12.9. The molecule has 1 aromatic carbocycles. The first-order valence-corrected chi connectivity index (χ1v) is 6.26. The van der Waals surface area contributed by atoms with Crippen molar-refractivity contribution in [3.05, 3.63) is 34.3 Å². The molecule has 0 aliphatic rings. The predicted molar refractivity (Wildman–Crippen MR) is 73.3 cm³/mol. The van der Waals surface area contributed by atoms with Gasteiger partial charge in [-0.3, -0.25) is 0 Å². The van der Waals surface area contributed by atoms with Crippen LogP contribution in [-0.2, 0) is 11.8 Å². The molecule has 0 aliphatic heterocycles. The Hall–Kier alpha value is -0.490. The Labute approximate surface area is 105 Å². The molecule has 0 atom stereocenters. The second-order valence-electron chi connectivity index (χ2n) is 6.80. The molecule has 16 heavy (non-hydrogen) atoms. The van der Waals surface area contributed by atoms with Gasteiger partial charge in [-0.1, -0.05) is 65.3 Å². The van der Waals surface area contributed by atoms with Crippen LogP contribution in [0, 0.1) is 5.41 Å². The summed E-state index contributed by atoms with van der Waals surface area (Å²) in [6.45, 7) is 13.3. The Morgan fingerprint density at radius 3 is 1.94 bits per heavy atom. The van der Waals surface area contributed by atoms with E-state index in [0.29, 0.717) is 5.41 Å². The van der Waals surface area contributed by atoms with Crippen LogP contribution in [-0.4, -0.2) is 0 Å².